The third-order valence-electron chi connectivity index (χ3n) is 2.34. The minimum atomic E-state index is 0.759. The van der Waals surface area contributed by atoms with E-state index >= 15 is 0 Å². The highest BCUT2D eigenvalue weighted by molar-refractivity contribution is 7.17. The van der Waals surface area contributed by atoms with Crippen LogP contribution in [0.1, 0.15) is 9.88 Å². The second-order valence-electron chi connectivity index (χ2n) is 3.56. The molecule has 0 aromatic carbocycles. The minimum absolute atomic E-state index is 0.759. The number of fused-ring (bicyclic) bond motifs is 1. The van der Waals surface area contributed by atoms with Crippen LogP contribution in [0.2, 0.25) is 0 Å². The van der Waals surface area contributed by atoms with Crippen molar-refractivity contribution in [2.45, 2.75) is 13.5 Å². The van der Waals surface area contributed by atoms with Gasteiger partial charge in [0.1, 0.15) is 12.1 Å². The van der Waals surface area contributed by atoms with Crippen LogP contribution in [0.15, 0.2) is 24.0 Å². The summed E-state index contributed by atoms with van der Waals surface area (Å²) in [5.41, 5.74) is 0.994. The Morgan fingerprint density at radius 3 is 3.06 bits per heavy atom. The first-order valence-corrected chi connectivity index (χ1v) is 6.86. The Labute approximate surface area is 106 Å². The summed E-state index contributed by atoms with van der Waals surface area (Å²) in [6.07, 6.45) is 3.50. The summed E-state index contributed by atoms with van der Waals surface area (Å²) in [5, 5.41) is 6.45. The largest absolute Gasteiger partial charge is 0.364 e. The molecule has 3 aromatic rings. The molecule has 86 valence electrons. The summed E-state index contributed by atoms with van der Waals surface area (Å²) < 4.78 is 1.11. The zero-order valence-electron chi connectivity index (χ0n) is 9.17. The summed E-state index contributed by atoms with van der Waals surface area (Å²) in [6, 6.07) is 2.00. The molecule has 0 aliphatic carbocycles. The Hall–Kier alpha value is -1.53. The maximum absolute atomic E-state index is 4.27. The highest BCUT2D eigenvalue weighted by Gasteiger charge is 2.05. The number of aryl methyl sites for hydroxylation is 1. The van der Waals surface area contributed by atoms with Gasteiger partial charge in [0.2, 0.25) is 0 Å². The molecule has 0 fully saturated rings. The number of hydrogen-bond acceptors (Lipinski definition) is 6. The number of nitrogens with zero attached hydrogens (tertiary/aromatic N) is 3. The third kappa shape index (κ3) is 2.13. The van der Waals surface area contributed by atoms with Gasteiger partial charge in [0.25, 0.3) is 0 Å². The number of rotatable bonds is 3. The van der Waals surface area contributed by atoms with Crippen molar-refractivity contribution in [2.75, 3.05) is 5.32 Å². The molecule has 1 N–H and O–H groups in total. The summed E-state index contributed by atoms with van der Waals surface area (Å²) in [5.74, 6) is 0.899. The predicted octanol–water partition coefficient (Wildman–Crippen LogP) is 3.07. The molecule has 0 saturated carbocycles. The van der Waals surface area contributed by atoms with Crippen LogP contribution in [-0.2, 0) is 6.54 Å². The Bertz CT molecular complexity index is 644. The second kappa shape index (κ2) is 4.38. The van der Waals surface area contributed by atoms with Gasteiger partial charge in [-0.05, 0) is 18.4 Å². The zero-order valence-corrected chi connectivity index (χ0v) is 10.8. The molecule has 0 aliphatic heterocycles. The van der Waals surface area contributed by atoms with Crippen molar-refractivity contribution >= 4 is 38.7 Å². The summed E-state index contributed by atoms with van der Waals surface area (Å²) >= 11 is 3.36. The molecule has 0 unspecified atom stereocenters. The van der Waals surface area contributed by atoms with Crippen molar-refractivity contribution < 1.29 is 0 Å². The zero-order chi connectivity index (χ0) is 11.7. The molecule has 0 atom stereocenters. The lowest BCUT2D eigenvalue weighted by molar-refractivity contribution is 1.12. The van der Waals surface area contributed by atoms with E-state index < -0.39 is 0 Å². The molecule has 0 aliphatic rings. The van der Waals surface area contributed by atoms with Crippen molar-refractivity contribution in [1.29, 1.82) is 0 Å². The molecule has 0 saturated heterocycles. The molecule has 0 bridgehead atoms. The van der Waals surface area contributed by atoms with Gasteiger partial charge in [0, 0.05) is 11.1 Å². The van der Waals surface area contributed by atoms with Crippen LogP contribution in [0, 0.1) is 6.92 Å². The lowest BCUT2D eigenvalue weighted by atomic mass is 10.4. The van der Waals surface area contributed by atoms with E-state index in [1.807, 2.05) is 24.6 Å². The molecule has 0 amide bonds. The van der Waals surface area contributed by atoms with Crippen molar-refractivity contribution in [3.05, 3.63) is 33.9 Å². The Morgan fingerprint density at radius 1 is 1.29 bits per heavy atom. The van der Waals surface area contributed by atoms with Crippen LogP contribution in [0.3, 0.4) is 0 Å². The first-order valence-electron chi connectivity index (χ1n) is 5.16. The van der Waals surface area contributed by atoms with Crippen LogP contribution in [0.5, 0.6) is 0 Å². The maximum atomic E-state index is 4.27. The molecule has 3 rings (SSSR count). The molecule has 6 heteroatoms. The van der Waals surface area contributed by atoms with Gasteiger partial charge >= 0.3 is 0 Å². The van der Waals surface area contributed by atoms with E-state index in [0.717, 1.165) is 27.6 Å². The SMILES string of the molecule is Cc1ncc(CNc2ncnc3ccsc23)s1. The van der Waals surface area contributed by atoms with Gasteiger partial charge in [-0.3, -0.25) is 0 Å². The van der Waals surface area contributed by atoms with Crippen molar-refractivity contribution in [1.82, 2.24) is 15.0 Å². The number of anilines is 1. The monoisotopic (exact) mass is 262 g/mol. The van der Waals surface area contributed by atoms with Crippen molar-refractivity contribution in [2.24, 2.45) is 0 Å². The first-order chi connectivity index (χ1) is 8.33. The van der Waals surface area contributed by atoms with Crippen molar-refractivity contribution in [3.8, 4) is 0 Å². The molecule has 3 aromatic heterocycles. The highest BCUT2D eigenvalue weighted by atomic mass is 32.1. The van der Waals surface area contributed by atoms with E-state index in [1.165, 1.54) is 4.88 Å². The molecular weight excluding hydrogens is 252 g/mol. The second-order valence-corrected chi connectivity index (χ2v) is 5.79. The molecular formula is C11H10N4S2. The van der Waals surface area contributed by atoms with Gasteiger partial charge in [0.05, 0.1) is 21.8 Å². The predicted molar refractivity (Wildman–Crippen MR) is 71.6 cm³/mol. The van der Waals surface area contributed by atoms with Crippen LogP contribution in [0.25, 0.3) is 10.2 Å². The summed E-state index contributed by atoms with van der Waals surface area (Å²) in [4.78, 5) is 13.9. The molecule has 4 nitrogen and oxygen atoms in total. The Kier molecular flexibility index (Phi) is 2.74. The topological polar surface area (TPSA) is 50.7 Å². The lowest BCUT2D eigenvalue weighted by Crippen LogP contribution is -2.00. The van der Waals surface area contributed by atoms with Gasteiger partial charge in [-0.15, -0.1) is 22.7 Å². The maximum Gasteiger partial charge on any atom is 0.147 e. The van der Waals surface area contributed by atoms with E-state index in [0.29, 0.717) is 0 Å². The van der Waals surface area contributed by atoms with E-state index in [9.17, 15) is 0 Å². The van der Waals surface area contributed by atoms with Gasteiger partial charge in [0.15, 0.2) is 0 Å². The molecule has 0 spiro atoms. The smallest absolute Gasteiger partial charge is 0.147 e. The Morgan fingerprint density at radius 2 is 2.24 bits per heavy atom. The van der Waals surface area contributed by atoms with Gasteiger partial charge in [-0.25, -0.2) is 15.0 Å². The average Bonchev–Trinajstić information content (AvgIpc) is 2.94. The van der Waals surface area contributed by atoms with Gasteiger partial charge < -0.3 is 5.32 Å². The fraction of sp³-hybridized carbons (Fsp3) is 0.182. The fourth-order valence-electron chi connectivity index (χ4n) is 1.57. The number of thiophene rings is 1. The lowest BCUT2D eigenvalue weighted by Gasteiger charge is -2.03. The van der Waals surface area contributed by atoms with Crippen LogP contribution in [-0.4, -0.2) is 15.0 Å². The van der Waals surface area contributed by atoms with Crippen LogP contribution < -0.4 is 5.32 Å². The average molecular weight is 262 g/mol. The number of nitrogens with one attached hydrogen (secondary N) is 1. The Balaban J connectivity index is 1.83. The number of aromatic nitrogens is 3. The minimum Gasteiger partial charge on any atom is -0.364 e. The number of thiazole rings is 1. The highest BCUT2D eigenvalue weighted by Crippen LogP contribution is 2.25. The van der Waals surface area contributed by atoms with Crippen molar-refractivity contribution in [3.63, 3.8) is 0 Å². The summed E-state index contributed by atoms with van der Waals surface area (Å²) in [6.45, 7) is 2.77. The van der Waals surface area contributed by atoms with Gasteiger partial charge in [-0.1, -0.05) is 0 Å². The van der Waals surface area contributed by atoms with E-state index in [-0.39, 0.29) is 0 Å². The van der Waals surface area contributed by atoms with E-state index in [4.69, 9.17) is 0 Å². The standard InChI is InChI=1S/C11H10N4S2/c1-7-12-4-8(17-7)5-13-11-10-9(2-3-16-10)14-6-15-11/h2-4,6H,5H2,1H3,(H,13,14,15). The molecule has 3 heterocycles. The molecule has 0 radical (unpaired) electrons. The van der Waals surface area contributed by atoms with Crippen LogP contribution in [0.4, 0.5) is 5.82 Å². The first kappa shape index (κ1) is 10.6. The quantitative estimate of drug-likeness (QED) is 0.788. The third-order valence-corrected chi connectivity index (χ3v) is 4.17. The fourth-order valence-corrected chi connectivity index (χ4v) is 3.12. The normalized spacial score (nSPS) is 10.9. The summed E-state index contributed by atoms with van der Waals surface area (Å²) in [7, 11) is 0. The number of hydrogen-bond donors (Lipinski definition) is 1. The van der Waals surface area contributed by atoms with E-state index in [2.05, 4.69) is 20.3 Å². The van der Waals surface area contributed by atoms with Crippen LogP contribution >= 0.6 is 22.7 Å². The van der Waals surface area contributed by atoms with E-state index in [1.54, 1.807) is 29.0 Å². The van der Waals surface area contributed by atoms with Gasteiger partial charge in [-0.2, -0.15) is 0 Å². The molecule has 17 heavy (non-hydrogen) atoms.